The van der Waals surface area contributed by atoms with Crippen molar-refractivity contribution in [2.75, 3.05) is 5.32 Å². The molecule has 0 saturated heterocycles. The molecule has 134 valence electrons. The van der Waals surface area contributed by atoms with E-state index in [-0.39, 0.29) is 5.91 Å². The van der Waals surface area contributed by atoms with Gasteiger partial charge in [-0.1, -0.05) is 36.4 Å². The Labute approximate surface area is 157 Å². The van der Waals surface area contributed by atoms with E-state index in [0.717, 1.165) is 22.5 Å². The first-order valence-electron chi connectivity index (χ1n) is 8.70. The van der Waals surface area contributed by atoms with Crippen LogP contribution in [0.4, 0.5) is 5.82 Å². The zero-order valence-corrected chi connectivity index (χ0v) is 15.1. The van der Waals surface area contributed by atoms with Crippen molar-refractivity contribution in [3.63, 3.8) is 0 Å². The summed E-state index contributed by atoms with van der Waals surface area (Å²) in [6, 6.07) is 17.3. The number of nitrogens with one attached hydrogen (secondary N) is 1. The Hall–Kier alpha value is -3.60. The van der Waals surface area contributed by atoms with Crippen LogP contribution in [0.15, 0.2) is 71.3 Å². The zero-order chi connectivity index (χ0) is 18.8. The number of amides is 1. The summed E-state index contributed by atoms with van der Waals surface area (Å²) >= 11 is 0. The van der Waals surface area contributed by atoms with Crippen LogP contribution in [-0.4, -0.2) is 15.3 Å². The van der Waals surface area contributed by atoms with Crippen molar-refractivity contribution < 1.29 is 9.21 Å². The van der Waals surface area contributed by atoms with Gasteiger partial charge < -0.3 is 9.73 Å². The number of anilines is 1. The number of hydrogen-bond donors (Lipinski definition) is 1. The van der Waals surface area contributed by atoms with Gasteiger partial charge in [0.15, 0.2) is 5.76 Å². The molecule has 0 atom stereocenters. The van der Waals surface area contributed by atoms with Gasteiger partial charge in [-0.25, -0.2) is 4.98 Å². The summed E-state index contributed by atoms with van der Waals surface area (Å²) in [5.74, 6) is 1.77. The second-order valence-corrected chi connectivity index (χ2v) is 6.39. The summed E-state index contributed by atoms with van der Waals surface area (Å²) < 4.78 is 7.61. The Morgan fingerprint density at radius 1 is 1.07 bits per heavy atom. The van der Waals surface area contributed by atoms with Crippen molar-refractivity contribution in [1.82, 2.24) is 9.38 Å². The molecule has 3 aromatic heterocycles. The summed E-state index contributed by atoms with van der Waals surface area (Å²) in [4.78, 5) is 17.2. The van der Waals surface area contributed by atoms with Crippen LogP contribution in [-0.2, 0) is 4.79 Å². The highest BCUT2D eigenvalue weighted by Gasteiger charge is 2.18. The van der Waals surface area contributed by atoms with Gasteiger partial charge in [-0.15, -0.1) is 0 Å². The smallest absolute Gasteiger partial charge is 0.249 e. The molecular weight excluding hydrogens is 338 g/mol. The maximum Gasteiger partial charge on any atom is 0.249 e. The lowest BCUT2D eigenvalue weighted by Crippen LogP contribution is -2.10. The van der Waals surface area contributed by atoms with Gasteiger partial charge in [-0.2, -0.15) is 0 Å². The third-order valence-corrected chi connectivity index (χ3v) is 4.21. The molecule has 3 heterocycles. The van der Waals surface area contributed by atoms with Gasteiger partial charge in [-0.05, 0) is 49.2 Å². The fourth-order valence-corrected chi connectivity index (χ4v) is 2.90. The van der Waals surface area contributed by atoms with Gasteiger partial charge >= 0.3 is 0 Å². The van der Waals surface area contributed by atoms with Crippen LogP contribution in [0.1, 0.15) is 16.9 Å². The van der Waals surface area contributed by atoms with Crippen molar-refractivity contribution >= 4 is 23.4 Å². The number of aryl methyl sites for hydroxylation is 2. The van der Waals surface area contributed by atoms with Crippen LogP contribution >= 0.6 is 0 Å². The number of nitrogens with zero attached hydrogens (tertiary/aromatic N) is 2. The van der Waals surface area contributed by atoms with E-state index in [4.69, 9.17) is 4.42 Å². The predicted molar refractivity (Wildman–Crippen MR) is 106 cm³/mol. The quantitative estimate of drug-likeness (QED) is 0.531. The number of hydrogen-bond acceptors (Lipinski definition) is 3. The van der Waals surface area contributed by atoms with E-state index in [1.165, 1.54) is 6.08 Å². The molecule has 0 aliphatic rings. The van der Waals surface area contributed by atoms with Crippen molar-refractivity contribution in [2.45, 2.75) is 13.8 Å². The van der Waals surface area contributed by atoms with E-state index in [1.807, 2.05) is 79.0 Å². The molecule has 1 aromatic carbocycles. The van der Waals surface area contributed by atoms with Gasteiger partial charge in [0.1, 0.15) is 22.9 Å². The first kappa shape index (κ1) is 16.8. The minimum Gasteiger partial charge on any atom is -0.460 e. The maximum absolute atomic E-state index is 12.5. The Balaban J connectivity index is 1.72. The monoisotopic (exact) mass is 357 g/mol. The summed E-state index contributed by atoms with van der Waals surface area (Å²) in [5, 5.41) is 2.95. The van der Waals surface area contributed by atoms with Gasteiger partial charge in [0.05, 0.1) is 0 Å². The van der Waals surface area contributed by atoms with Crippen molar-refractivity contribution in [2.24, 2.45) is 0 Å². The molecule has 5 heteroatoms. The Morgan fingerprint density at radius 2 is 1.89 bits per heavy atom. The second-order valence-electron chi connectivity index (χ2n) is 6.39. The summed E-state index contributed by atoms with van der Waals surface area (Å²) in [7, 11) is 0. The number of carbonyl (C=O) groups excluding carboxylic acids is 1. The number of pyridine rings is 1. The molecule has 0 aliphatic carbocycles. The van der Waals surface area contributed by atoms with E-state index in [1.54, 1.807) is 6.08 Å². The number of carbonyl (C=O) groups is 1. The third kappa shape index (κ3) is 3.53. The SMILES string of the molecule is Cc1ccc2nc(-c3ccc(C)o3)c(NC(=O)/C=C/c3ccccc3)n2c1. The number of rotatable bonds is 4. The molecule has 4 rings (SSSR count). The van der Waals surface area contributed by atoms with Crippen LogP contribution in [0.3, 0.4) is 0 Å². The molecule has 4 aromatic rings. The van der Waals surface area contributed by atoms with E-state index < -0.39 is 0 Å². The first-order chi connectivity index (χ1) is 13.1. The average molecular weight is 357 g/mol. The van der Waals surface area contributed by atoms with Gasteiger partial charge in [0, 0.05) is 12.3 Å². The lowest BCUT2D eigenvalue weighted by Gasteiger charge is -2.05. The van der Waals surface area contributed by atoms with E-state index >= 15 is 0 Å². The van der Waals surface area contributed by atoms with Crippen LogP contribution in [0.25, 0.3) is 23.2 Å². The van der Waals surface area contributed by atoms with Crippen LogP contribution in [0, 0.1) is 13.8 Å². The van der Waals surface area contributed by atoms with E-state index in [9.17, 15) is 4.79 Å². The molecule has 5 nitrogen and oxygen atoms in total. The normalized spacial score (nSPS) is 11.3. The van der Waals surface area contributed by atoms with E-state index in [2.05, 4.69) is 10.3 Å². The predicted octanol–water partition coefficient (Wildman–Crippen LogP) is 4.86. The van der Waals surface area contributed by atoms with Gasteiger partial charge in [0.25, 0.3) is 0 Å². The standard InChI is InChI=1S/C22H19N3O2/c1-15-8-12-19-23-21(18-11-9-16(2)27-18)22(25(19)14-15)24-20(26)13-10-17-6-4-3-5-7-17/h3-14H,1-2H3,(H,24,26)/b13-10+. The minimum atomic E-state index is -0.230. The van der Waals surface area contributed by atoms with Crippen LogP contribution < -0.4 is 5.32 Å². The highest BCUT2D eigenvalue weighted by molar-refractivity contribution is 6.03. The van der Waals surface area contributed by atoms with Crippen molar-refractivity contribution in [3.8, 4) is 11.5 Å². The summed E-state index contributed by atoms with van der Waals surface area (Å²) in [5.41, 5.74) is 3.38. The fraction of sp³-hybridized carbons (Fsp3) is 0.0909. The fourth-order valence-electron chi connectivity index (χ4n) is 2.90. The molecule has 0 bridgehead atoms. The molecule has 0 unspecified atom stereocenters. The summed E-state index contributed by atoms with van der Waals surface area (Å²) in [6.07, 6.45) is 5.24. The van der Waals surface area contributed by atoms with Crippen LogP contribution in [0.5, 0.6) is 0 Å². The molecule has 0 radical (unpaired) electrons. The van der Waals surface area contributed by atoms with Crippen molar-refractivity contribution in [1.29, 1.82) is 0 Å². The Kier molecular flexibility index (Phi) is 4.34. The molecule has 1 amide bonds. The van der Waals surface area contributed by atoms with Gasteiger partial charge in [0.2, 0.25) is 5.91 Å². The maximum atomic E-state index is 12.5. The topological polar surface area (TPSA) is 59.5 Å². The molecule has 0 spiro atoms. The van der Waals surface area contributed by atoms with Crippen molar-refractivity contribution in [3.05, 3.63) is 83.8 Å². The zero-order valence-electron chi connectivity index (χ0n) is 15.1. The lowest BCUT2D eigenvalue weighted by atomic mass is 10.2. The molecule has 0 fully saturated rings. The lowest BCUT2D eigenvalue weighted by molar-refractivity contribution is -0.111. The Bertz CT molecular complexity index is 1140. The second kappa shape index (κ2) is 6.96. The minimum absolute atomic E-state index is 0.230. The molecular formula is C22H19N3O2. The number of aromatic nitrogens is 2. The first-order valence-corrected chi connectivity index (χ1v) is 8.70. The molecule has 0 saturated carbocycles. The number of furan rings is 1. The Morgan fingerprint density at radius 3 is 2.63 bits per heavy atom. The highest BCUT2D eigenvalue weighted by atomic mass is 16.3. The third-order valence-electron chi connectivity index (χ3n) is 4.21. The molecule has 0 aliphatic heterocycles. The van der Waals surface area contributed by atoms with Gasteiger partial charge in [-0.3, -0.25) is 9.20 Å². The number of fused-ring (bicyclic) bond motifs is 1. The van der Waals surface area contributed by atoms with Crippen LogP contribution in [0.2, 0.25) is 0 Å². The average Bonchev–Trinajstić information content (AvgIpc) is 3.25. The largest absolute Gasteiger partial charge is 0.460 e. The highest BCUT2D eigenvalue weighted by Crippen LogP contribution is 2.30. The number of benzene rings is 1. The summed E-state index contributed by atoms with van der Waals surface area (Å²) in [6.45, 7) is 3.88. The molecule has 27 heavy (non-hydrogen) atoms. The number of imidazole rings is 1. The van der Waals surface area contributed by atoms with E-state index in [0.29, 0.717) is 17.3 Å². The molecule has 1 N–H and O–H groups in total.